The quantitative estimate of drug-likeness (QED) is 0.702. The van der Waals surface area contributed by atoms with Crippen molar-refractivity contribution in [3.8, 4) is 0 Å². The maximum atomic E-state index is 13.4. The van der Waals surface area contributed by atoms with Crippen LogP contribution in [-0.4, -0.2) is 46.8 Å². The molecule has 1 saturated heterocycles. The first-order valence-electron chi connectivity index (χ1n) is 9.86. The van der Waals surface area contributed by atoms with Crippen LogP contribution >= 0.6 is 0 Å². The third-order valence-corrected chi connectivity index (χ3v) is 5.44. The number of fused-ring (bicyclic) bond motifs is 1. The van der Waals surface area contributed by atoms with Gasteiger partial charge in [-0.05, 0) is 50.5 Å². The van der Waals surface area contributed by atoms with Crippen LogP contribution in [0.2, 0.25) is 0 Å². The van der Waals surface area contributed by atoms with E-state index in [1.54, 1.807) is 12.1 Å². The van der Waals surface area contributed by atoms with E-state index in [1.165, 1.54) is 26.1 Å². The van der Waals surface area contributed by atoms with Crippen LogP contribution < -0.4 is 16.0 Å². The summed E-state index contributed by atoms with van der Waals surface area (Å²) in [5.41, 5.74) is 4.25. The van der Waals surface area contributed by atoms with Gasteiger partial charge in [0.25, 0.3) is 0 Å². The number of benzene rings is 1. The average molecular weight is 424 g/mol. The highest BCUT2D eigenvalue weighted by Gasteiger charge is 2.36. The van der Waals surface area contributed by atoms with Gasteiger partial charge in [-0.3, -0.25) is 9.78 Å². The molecule has 0 spiro atoms. The van der Waals surface area contributed by atoms with Gasteiger partial charge < -0.3 is 21.1 Å². The lowest BCUT2D eigenvalue weighted by Gasteiger charge is -2.39. The fraction of sp³-hybridized carbons (Fsp3) is 0.524. The monoisotopic (exact) mass is 424 g/mol. The summed E-state index contributed by atoms with van der Waals surface area (Å²) in [5.74, 6) is -0.267. The zero-order valence-electron chi connectivity index (χ0n) is 17.2. The molecule has 1 aromatic heterocycles. The Bertz CT molecular complexity index is 927. The molecule has 0 bridgehead atoms. The van der Waals surface area contributed by atoms with Crippen LogP contribution in [0.15, 0.2) is 30.5 Å². The van der Waals surface area contributed by atoms with Gasteiger partial charge in [0.2, 0.25) is 5.91 Å². The zero-order chi connectivity index (χ0) is 22.3. The van der Waals surface area contributed by atoms with Gasteiger partial charge in [-0.2, -0.15) is 13.2 Å². The molecule has 1 fully saturated rings. The molecule has 9 heteroatoms. The van der Waals surface area contributed by atoms with E-state index in [2.05, 4.69) is 10.3 Å². The molecule has 30 heavy (non-hydrogen) atoms. The molecule has 1 aliphatic rings. The minimum Gasteiger partial charge on any atom is -0.388 e. The first kappa shape index (κ1) is 22.3. The number of aliphatic hydroxyl groups is 1. The largest absolute Gasteiger partial charge is 0.418 e. The second-order valence-electron chi connectivity index (χ2n) is 8.61. The van der Waals surface area contributed by atoms with E-state index in [1.807, 2.05) is 11.8 Å². The number of halogens is 3. The first-order valence-corrected chi connectivity index (χ1v) is 9.86. The number of rotatable bonds is 4. The summed E-state index contributed by atoms with van der Waals surface area (Å²) in [7, 11) is 0. The molecule has 0 radical (unpaired) electrons. The maximum Gasteiger partial charge on any atom is 0.418 e. The molecule has 164 valence electrons. The maximum absolute atomic E-state index is 13.4. The molecule has 1 unspecified atom stereocenters. The van der Waals surface area contributed by atoms with Gasteiger partial charge in [-0.1, -0.05) is 6.92 Å². The molecule has 4 N–H and O–H groups in total. The number of nitrogens with one attached hydrogen (secondary N) is 1. The average Bonchev–Trinajstić information content (AvgIpc) is 2.64. The number of nitrogens with zero attached hydrogens (tertiary/aromatic N) is 2. The van der Waals surface area contributed by atoms with Gasteiger partial charge >= 0.3 is 6.18 Å². The molecule has 0 saturated carbocycles. The summed E-state index contributed by atoms with van der Waals surface area (Å²) >= 11 is 0. The van der Waals surface area contributed by atoms with Crippen LogP contribution in [0.3, 0.4) is 0 Å². The summed E-state index contributed by atoms with van der Waals surface area (Å²) in [6, 6.07) is 4.43. The standard InChI is InChI=1S/C21H27F3N4O2/c1-12-9-13(27-19(29)18(25)20(2,3)30)11-28(10-12)16-7-6-15(21(22,23)24)17-14(16)5-4-8-26-17/h4-8,12-13,18,30H,9-11,25H2,1-3H3,(H,27,29)/t12-,13+,18?/m0/s1. The second kappa shape index (κ2) is 8.03. The number of pyridine rings is 1. The Morgan fingerprint density at radius 1 is 1.30 bits per heavy atom. The lowest BCUT2D eigenvalue weighted by Crippen LogP contribution is -2.58. The van der Waals surface area contributed by atoms with Crippen LogP contribution in [0.5, 0.6) is 0 Å². The number of aromatic nitrogens is 1. The highest BCUT2D eigenvalue weighted by Crippen LogP contribution is 2.38. The highest BCUT2D eigenvalue weighted by molar-refractivity contribution is 5.94. The van der Waals surface area contributed by atoms with Crippen LogP contribution in [0.1, 0.15) is 32.8 Å². The molecule has 6 nitrogen and oxygen atoms in total. The van der Waals surface area contributed by atoms with Crippen molar-refractivity contribution in [2.75, 3.05) is 18.0 Å². The summed E-state index contributed by atoms with van der Waals surface area (Å²) < 4.78 is 40.2. The Labute approximate surface area is 173 Å². The molecule has 1 aliphatic heterocycles. The second-order valence-corrected chi connectivity index (χ2v) is 8.61. The van der Waals surface area contributed by atoms with E-state index in [0.717, 1.165) is 6.07 Å². The van der Waals surface area contributed by atoms with Gasteiger partial charge in [0.05, 0.1) is 16.7 Å². The third kappa shape index (κ3) is 4.67. The van der Waals surface area contributed by atoms with E-state index >= 15 is 0 Å². The predicted molar refractivity (Wildman–Crippen MR) is 109 cm³/mol. The Morgan fingerprint density at radius 3 is 2.63 bits per heavy atom. The number of anilines is 1. The molecule has 2 heterocycles. The van der Waals surface area contributed by atoms with E-state index in [9.17, 15) is 23.1 Å². The fourth-order valence-electron chi connectivity index (χ4n) is 3.93. The van der Waals surface area contributed by atoms with Gasteiger partial charge in [-0.25, -0.2) is 0 Å². The zero-order valence-corrected chi connectivity index (χ0v) is 17.2. The molecule has 3 rings (SSSR count). The number of alkyl halides is 3. The lowest BCUT2D eigenvalue weighted by molar-refractivity contribution is -0.136. The predicted octanol–water partition coefficient (Wildman–Crippen LogP) is 2.68. The Hall–Kier alpha value is -2.39. The Kier molecular flexibility index (Phi) is 5.97. The van der Waals surface area contributed by atoms with Crippen molar-refractivity contribution in [1.29, 1.82) is 0 Å². The number of nitrogens with two attached hydrogens (primary N) is 1. The Balaban J connectivity index is 1.89. The van der Waals surface area contributed by atoms with Crippen LogP contribution in [-0.2, 0) is 11.0 Å². The number of carbonyl (C=O) groups excluding carboxylic acids is 1. The SMILES string of the molecule is C[C@H]1C[C@@H](NC(=O)C(N)C(C)(C)O)CN(c2ccc(C(F)(F)F)c3ncccc23)C1. The molecular weight excluding hydrogens is 397 g/mol. The molecule has 0 aliphatic carbocycles. The van der Waals surface area contributed by atoms with Crippen LogP contribution in [0.25, 0.3) is 10.9 Å². The molecule has 1 amide bonds. The van der Waals surface area contributed by atoms with Gasteiger partial charge in [-0.15, -0.1) is 0 Å². The van der Waals surface area contributed by atoms with Crippen LogP contribution in [0, 0.1) is 5.92 Å². The van der Waals surface area contributed by atoms with Crippen molar-refractivity contribution in [3.63, 3.8) is 0 Å². The number of hydrogen-bond acceptors (Lipinski definition) is 5. The van der Waals surface area contributed by atoms with Crippen molar-refractivity contribution < 1.29 is 23.1 Å². The number of carbonyl (C=O) groups is 1. The van der Waals surface area contributed by atoms with Crippen molar-refractivity contribution in [2.45, 2.75) is 51.1 Å². The summed E-state index contributed by atoms with van der Waals surface area (Å²) in [5, 5.41) is 13.3. The van der Waals surface area contributed by atoms with Gasteiger partial charge in [0.15, 0.2) is 0 Å². The van der Waals surface area contributed by atoms with Crippen molar-refractivity contribution in [2.24, 2.45) is 11.7 Å². The lowest BCUT2D eigenvalue weighted by atomic mass is 9.93. The van der Waals surface area contributed by atoms with E-state index in [0.29, 0.717) is 30.6 Å². The minimum absolute atomic E-state index is 0.0923. The summed E-state index contributed by atoms with van der Waals surface area (Å²) in [4.78, 5) is 18.4. The van der Waals surface area contributed by atoms with Crippen LogP contribution in [0.4, 0.5) is 18.9 Å². The number of piperidine rings is 1. The van der Waals surface area contributed by atoms with Gasteiger partial charge in [0.1, 0.15) is 6.04 Å². The fourth-order valence-corrected chi connectivity index (χ4v) is 3.93. The third-order valence-electron chi connectivity index (χ3n) is 5.44. The normalized spacial score (nSPS) is 21.5. The number of hydrogen-bond donors (Lipinski definition) is 3. The number of amides is 1. The smallest absolute Gasteiger partial charge is 0.388 e. The van der Waals surface area contributed by atoms with Gasteiger partial charge in [0, 0.05) is 36.4 Å². The summed E-state index contributed by atoms with van der Waals surface area (Å²) in [6.45, 7) is 6.01. The highest BCUT2D eigenvalue weighted by atomic mass is 19.4. The molecule has 1 aromatic carbocycles. The topological polar surface area (TPSA) is 91.5 Å². The molecular formula is C21H27F3N4O2. The van der Waals surface area contributed by atoms with Crippen molar-refractivity contribution >= 4 is 22.5 Å². The molecule has 3 atom stereocenters. The van der Waals surface area contributed by atoms with Crippen molar-refractivity contribution in [1.82, 2.24) is 10.3 Å². The Morgan fingerprint density at radius 2 is 2.00 bits per heavy atom. The summed E-state index contributed by atoms with van der Waals surface area (Å²) in [6.07, 6.45) is -2.44. The van der Waals surface area contributed by atoms with E-state index in [-0.39, 0.29) is 17.5 Å². The van der Waals surface area contributed by atoms with E-state index in [4.69, 9.17) is 5.73 Å². The molecule has 2 aromatic rings. The minimum atomic E-state index is -4.50. The first-order chi connectivity index (χ1) is 13.9. The van der Waals surface area contributed by atoms with E-state index < -0.39 is 29.3 Å². The van der Waals surface area contributed by atoms with Crippen molar-refractivity contribution in [3.05, 3.63) is 36.0 Å².